The summed E-state index contributed by atoms with van der Waals surface area (Å²) in [7, 11) is 0. The van der Waals surface area contributed by atoms with Gasteiger partial charge in [-0.05, 0) is 31.5 Å². The van der Waals surface area contributed by atoms with E-state index in [-0.39, 0.29) is 24.0 Å². The average Bonchev–Trinajstić information content (AvgIpc) is 2.53. The minimum atomic E-state index is -0.112. The fraction of sp³-hybridized carbons (Fsp3) is 0.462. The topological polar surface area (TPSA) is 46.3 Å². The average molecular weight is 297 g/mol. The smallest absolute Gasteiger partial charge is 0.225 e. The Bertz CT molecular complexity index is 433. The van der Waals surface area contributed by atoms with Gasteiger partial charge in [-0.25, -0.2) is 0 Å². The zero-order chi connectivity index (χ0) is 12.6. The summed E-state index contributed by atoms with van der Waals surface area (Å²) in [4.78, 5) is 13.8. The van der Waals surface area contributed by atoms with Crippen molar-refractivity contribution in [2.24, 2.45) is 5.73 Å². The SMILES string of the molecule is CC(C)N1C(=O)CC(N)C1c1cccc(Br)c1. The van der Waals surface area contributed by atoms with Gasteiger partial charge in [0, 0.05) is 23.0 Å². The van der Waals surface area contributed by atoms with Crippen LogP contribution in [-0.4, -0.2) is 22.9 Å². The highest BCUT2D eigenvalue weighted by Gasteiger charge is 2.39. The summed E-state index contributed by atoms with van der Waals surface area (Å²) in [6, 6.07) is 8.10. The number of amides is 1. The fourth-order valence-corrected chi connectivity index (χ4v) is 2.90. The molecule has 0 spiro atoms. The second kappa shape index (κ2) is 4.78. The van der Waals surface area contributed by atoms with Crippen molar-refractivity contribution in [2.75, 3.05) is 0 Å². The minimum absolute atomic E-state index is 0.000000000000000444. The maximum Gasteiger partial charge on any atom is 0.225 e. The molecular formula is C13H17BrN2O. The fourth-order valence-electron chi connectivity index (χ4n) is 2.49. The molecule has 0 aromatic heterocycles. The Kier molecular flexibility index (Phi) is 3.54. The number of likely N-dealkylation sites (tertiary alicyclic amines) is 1. The molecule has 1 aromatic carbocycles. The van der Waals surface area contributed by atoms with Gasteiger partial charge in [0.25, 0.3) is 0 Å². The first-order chi connectivity index (χ1) is 8.00. The molecule has 0 aliphatic carbocycles. The Labute approximate surface area is 110 Å². The van der Waals surface area contributed by atoms with Crippen LogP contribution in [0.15, 0.2) is 28.7 Å². The number of carbonyl (C=O) groups is 1. The predicted molar refractivity (Wildman–Crippen MR) is 71.5 cm³/mol. The van der Waals surface area contributed by atoms with Crippen molar-refractivity contribution in [2.45, 2.75) is 38.4 Å². The lowest BCUT2D eigenvalue weighted by Gasteiger charge is -2.30. The molecule has 17 heavy (non-hydrogen) atoms. The molecule has 2 rings (SSSR count). The Morgan fingerprint density at radius 3 is 2.76 bits per heavy atom. The van der Waals surface area contributed by atoms with Gasteiger partial charge in [0.1, 0.15) is 0 Å². The van der Waals surface area contributed by atoms with Gasteiger partial charge in [0.15, 0.2) is 0 Å². The second-order valence-corrected chi connectivity index (χ2v) is 5.68. The molecule has 0 radical (unpaired) electrons. The molecule has 3 nitrogen and oxygen atoms in total. The number of nitrogens with zero attached hydrogens (tertiary/aromatic N) is 1. The van der Waals surface area contributed by atoms with Crippen LogP contribution in [0.25, 0.3) is 0 Å². The second-order valence-electron chi connectivity index (χ2n) is 4.76. The number of nitrogens with two attached hydrogens (primary N) is 1. The molecule has 1 aliphatic rings. The van der Waals surface area contributed by atoms with E-state index in [4.69, 9.17) is 5.73 Å². The molecule has 1 aromatic rings. The maximum absolute atomic E-state index is 11.9. The van der Waals surface area contributed by atoms with Gasteiger partial charge in [0.05, 0.1) is 6.04 Å². The summed E-state index contributed by atoms with van der Waals surface area (Å²) in [5, 5.41) is 0. The molecule has 1 fully saturated rings. The summed E-state index contributed by atoms with van der Waals surface area (Å²) in [6.45, 7) is 4.06. The summed E-state index contributed by atoms with van der Waals surface area (Å²) in [5.41, 5.74) is 7.21. The normalized spacial score (nSPS) is 24.8. The van der Waals surface area contributed by atoms with E-state index in [1.54, 1.807) is 0 Å². The third kappa shape index (κ3) is 2.38. The molecule has 1 amide bonds. The highest BCUT2D eigenvalue weighted by atomic mass is 79.9. The summed E-state index contributed by atoms with van der Waals surface area (Å²) >= 11 is 3.46. The van der Waals surface area contributed by atoms with Gasteiger partial charge in [-0.15, -0.1) is 0 Å². The van der Waals surface area contributed by atoms with Crippen LogP contribution in [0.4, 0.5) is 0 Å². The van der Waals surface area contributed by atoms with Crippen molar-refractivity contribution in [1.82, 2.24) is 4.90 Å². The molecule has 0 bridgehead atoms. The van der Waals surface area contributed by atoms with E-state index < -0.39 is 0 Å². The quantitative estimate of drug-likeness (QED) is 0.911. The van der Waals surface area contributed by atoms with Gasteiger partial charge < -0.3 is 10.6 Å². The van der Waals surface area contributed by atoms with Crippen LogP contribution in [0.1, 0.15) is 31.9 Å². The summed E-state index contributed by atoms with van der Waals surface area (Å²) < 4.78 is 1.02. The molecular weight excluding hydrogens is 280 g/mol. The molecule has 1 aliphatic heterocycles. The molecule has 2 atom stereocenters. The molecule has 0 saturated carbocycles. The monoisotopic (exact) mass is 296 g/mol. The van der Waals surface area contributed by atoms with E-state index in [2.05, 4.69) is 15.9 Å². The van der Waals surface area contributed by atoms with Gasteiger partial charge in [0.2, 0.25) is 5.91 Å². The van der Waals surface area contributed by atoms with Crippen LogP contribution in [0.2, 0.25) is 0 Å². The standard InChI is InChI=1S/C13H17BrN2O/c1-8(2)16-12(17)7-11(15)13(16)9-4-3-5-10(14)6-9/h3-6,8,11,13H,7,15H2,1-2H3. The van der Waals surface area contributed by atoms with E-state index in [0.29, 0.717) is 6.42 Å². The number of rotatable bonds is 2. The van der Waals surface area contributed by atoms with Crippen molar-refractivity contribution >= 4 is 21.8 Å². The third-order valence-corrected chi connectivity index (χ3v) is 3.64. The zero-order valence-corrected chi connectivity index (χ0v) is 11.6. The lowest BCUT2D eigenvalue weighted by atomic mass is 10.0. The first-order valence-electron chi connectivity index (χ1n) is 5.83. The Balaban J connectivity index is 2.38. The summed E-state index contributed by atoms with van der Waals surface area (Å²) in [6.07, 6.45) is 0.440. The minimum Gasteiger partial charge on any atom is -0.332 e. The first kappa shape index (κ1) is 12.6. The van der Waals surface area contributed by atoms with Crippen LogP contribution in [0.3, 0.4) is 0 Å². The Morgan fingerprint density at radius 2 is 2.18 bits per heavy atom. The zero-order valence-electron chi connectivity index (χ0n) is 10.1. The van der Waals surface area contributed by atoms with Gasteiger partial charge in [-0.3, -0.25) is 4.79 Å². The number of hydrogen-bond donors (Lipinski definition) is 1. The van der Waals surface area contributed by atoms with E-state index in [1.807, 2.05) is 43.0 Å². The Morgan fingerprint density at radius 1 is 1.47 bits per heavy atom. The third-order valence-electron chi connectivity index (χ3n) is 3.15. The van der Waals surface area contributed by atoms with Crippen molar-refractivity contribution in [1.29, 1.82) is 0 Å². The van der Waals surface area contributed by atoms with Crippen LogP contribution in [-0.2, 0) is 4.79 Å². The number of halogens is 1. The summed E-state index contributed by atoms with van der Waals surface area (Å²) in [5.74, 6) is 0.150. The molecule has 1 saturated heterocycles. The van der Waals surface area contributed by atoms with Crippen LogP contribution < -0.4 is 5.73 Å². The van der Waals surface area contributed by atoms with Crippen LogP contribution in [0, 0.1) is 0 Å². The lowest BCUT2D eigenvalue weighted by Crippen LogP contribution is -2.37. The van der Waals surface area contributed by atoms with Gasteiger partial charge in [-0.2, -0.15) is 0 Å². The molecule has 2 N–H and O–H groups in total. The number of hydrogen-bond acceptors (Lipinski definition) is 2. The highest BCUT2D eigenvalue weighted by molar-refractivity contribution is 9.10. The Hall–Kier alpha value is -0.870. The van der Waals surface area contributed by atoms with Crippen molar-refractivity contribution in [3.05, 3.63) is 34.3 Å². The molecule has 1 heterocycles. The van der Waals surface area contributed by atoms with Gasteiger partial charge >= 0.3 is 0 Å². The van der Waals surface area contributed by atoms with E-state index >= 15 is 0 Å². The maximum atomic E-state index is 11.9. The predicted octanol–water partition coefficient (Wildman–Crippen LogP) is 2.46. The van der Waals surface area contributed by atoms with Crippen molar-refractivity contribution in [3.8, 4) is 0 Å². The molecule has 92 valence electrons. The first-order valence-corrected chi connectivity index (χ1v) is 6.62. The number of benzene rings is 1. The van der Waals surface area contributed by atoms with Gasteiger partial charge in [-0.1, -0.05) is 28.1 Å². The van der Waals surface area contributed by atoms with Crippen LogP contribution in [0.5, 0.6) is 0 Å². The molecule has 2 unspecified atom stereocenters. The van der Waals surface area contributed by atoms with Crippen molar-refractivity contribution < 1.29 is 4.79 Å². The number of carbonyl (C=O) groups excluding carboxylic acids is 1. The molecule has 4 heteroatoms. The van der Waals surface area contributed by atoms with E-state index in [9.17, 15) is 4.79 Å². The lowest BCUT2D eigenvalue weighted by molar-refractivity contribution is -0.130. The largest absolute Gasteiger partial charge is 0.332 e. The van der Waals surface area contributed by atoms with Crippen molar-refractivity contribution in [3.63, 3.8) is 0 Å². The van der Waals surface area contributed by atoms with Crippen LogP contribution >= 0.6 is 15.9 Å². The highest BCUT2D eigenvalue weighted by Crippen LogP contribution is 2.34. The van der Waals surface area contributed by atoms with E-state index in [1.165, 1.54) is 0 Å². The van der Waals surface area contributed by atoms with E-state index in [0.717, 1.165) is 10.0 Å².